The minimum absolute atomic E-state index is 0.00506. The fourth-order valence-electron chi connectivity index (χ4n) is 1.37. The Morgan fingerprint density at radius 1 is 1.10 bits per heavy atom. The lowest BCUT2D eigenvalue weighted by Crippen LogP contribution is -2.00. The smallest absolute Gasteiger partial charge is 0.402 e. The normalized spacial score (nSPS) is 12.6. The van der Waals surface area contributed by atoms with Crippen molar-refractivity contribution >= 4 is 60.0 Å². The Hall–Kier alpha value is 0.0700. The van der Waals surface area contributed by atoms with Crippen LogP contribution in [-0.4, -0.2) is 13.2 Å². The highest BCUT2D eigenvalue weighted by Crippen LogP contribution is 2.53. The van der Waals surface area contributed by atoms with Gasteiger partial charge >= 0.3 is 7.82 Å². The standard InChI is InChI=1S/C12H13Cl4O4P/c1-3-18-21(17,19-4-2)20-12(7-13)8-5-10(15)11(16)6-9(8)14/h5-7H,3-4H2,1-2H3. The van der Waals surface area contributed by atoms with Crippen LogP contribution in [0.3, 0.4) is 0 Å². The topological polar surface area (TPSA) is 44.8 Å². The van der Waals surface area contributed by atoms with Crippen LogP contribution in [0, 0.1) is 0 Å². The van der Waals surface area contributed by atoms with E-state index in [9.17, 15) is 4.57 Å². The van der Waals surface area contributed by atoms with Crippen LogP contribution in [0.5, 0.6) is 0 Å². The maximum atomic E-state index is 12.4. The third-order valence-electron chi connectivity index (χ3n) is 2.16. The van der Waals surface area contributed by atoms with Gasteiger partial charge in [0.1, 0.15) is 0 Å². The van der Waals surface area contributed by atoms with Crippen molar-refractivity contribution in [2.45, 2.75) is 13.8 Å². The predicted molar refractivity (Wildman–Crippen MR) is 87.2 cm³/mol. The molecular weight excluding hydrogens is 381 g/mol. The summed E-state index contributed by atoms with van der Waals surface area (Å²) in [6.07, 6.45) is 0. The SMILES string of the molecule is CCOP(=O)(OCC)OC(=CCl)c1cc(Cl)c(Cl)cc1Cl. The summed E-state index contributed by atoms with van der Waals surface area (Å²) in [7, 11) is -3.79. The maximum absolute atomic E-state index is 12.4. The lowest BCUT2D eigenvalue weighted by atomic mass is 10.2. The quantitative estimate of drug-likeness (QED) is 0.306. The molecule has 0 spiro atoms. The van der Waals surface area contributed by atoms with E-state index in [2.05, 4.69) is 0 Å². The van der Waals surface area contributed by atoms with E-state index in [1.54, 1.807) is 13.8 Å². The van der Waals surface area contributed by atoms with Crippen molar-refractivity contribution in [3.05, 3.63) is 38.3 Å². The number of benzene rings is 1. The van der Waals surface area contributed by atoms with Crippen LogP contribution < -0.4 is 0 Å². The molecule has 0 unspecified atom stereocenters. The zero-order valence-corrected chi connectivity index (χ0v) is 15.2. The van der Waals surface area contributed by atoms with Crippen molar-refractivity contribution in [1.82, 2.24) is 0 Å². The summed E-state index contributed by atoms with van der Waals surface area (Å²) >= 11 is 23.6. The Kier molecular flexibility index (Phi) is 7.86. The van der Waals surface area contributed by atoms with Crippen LogP contribution in [0.15, 0.2) is 17.7 Å². The van der Waals surface area contributed by atoms with Crippen molar-refractivity contribution in [1.29, 1.82) is 0 Å². The molecule has 0 heterocycles. The van der Waals surface area contributed by atoms with Crippen LogP contribution in [0.1, 0.15) is 19.4 Å². The summed E-state index contributed by atoms with van der Waals surface area (Å²) in [5.74, 6) is 0.00506. The maximum Gasteiger partial charge on any atom is 0.530 e. The van der Waals surface area contributed by atoms with Gasteiger partial charge in [-0.1, -0.05) is 46.4 Å². The zero-order chi connectivity index (χ0) is 16.0. The Morgan fingerprint density at radius 2 is 1.62 bits per heavy atom. The van der Waals surface area contributed by atoms with Gasteiger partial charge in [-0.2, -0.15) is 0 Å². The third-order valence-corrected chi connectivity index (χ3v) is 4.96. The highest BCUT2D eigenvalue weighted by molar-refractivity contribution is 7.48. The highest BCUT2D eigenvalue weighted by atomic mass is 35.5. The minimum atomic E-state index is -3.79. The van der Waals surface area contributed by atoms with E-state index >= 15 is 0 Å². The van der Waals surface area contributed by atoms with E-state index in [0.717, 1.165) is 5.54 Å². The largest absolute Gasteiger partial charge is 0.530 e. The van der Waals surface area contributed by atoms with Crippen LogP contribution >= 0.6 is 54.2 Å². The molecule has 0 N–H and O–H groups in total. The molecule has 0 aliphatic rings. The van der Waals surface area contributed by atoms with Crippen LogP contribution in [0.2, 0.25) is 15.1 Å². The van der Waals surface area contributed by atoms with E-state index < -0.39 is 7.82 Å². The van der Waals surface area contributed by atoms with Crippen molar-refractivity contribution in [3.8, 4) is 0 Å². The molecule has 1 aromatic carbocycles. The Labute approximate surface area is 143 Å². The fraction of sp³-hybridized carbons (Fsp3) is 0.333. The number of rotatable bonds is 7. The minimum Gasteiger partial charge on any atom is -0.402 e. The first kappa shape index (κ1) is 19.1. The first-order chi connectivity index (χ1) is 9.86. The summed E-state index contributed by atoms with van der Waals surface area (Å²) in [6.45, 7) is 3.60. The Balaban J connectivity index is 3.15. The molecular formula is C12H13Cl4O4P. The number of hydrogen-bond acceptors (Lipinski definition) is 4. The summed E-state index contributed by atoms with van der Waals surface area (Å²) < 4.78 is 27.7. The van der Waals surface area contributed by atoms with Gasteiger partial charge < -0.3 is 4.52 Å². The Morgan fingerprint density at radius 3 is 2.10 bits per heavy atom. The van der Waals surface area contributed by atoms with Crippen LogP contribution in [0.4, 0.5) is 0 Å². The van der Waals surface area contributed by atoms with Gasteiger partial charge in [-0.15, -0.1) is 0 Å². The van der Waals surface area contributed by atoms with Gasteiger partial charge in [-0.3, -0.25) is 9.05 Å². The average Bonchev–Trinajstić information content (AvgIpc) is 2.41. The molecule has 9 heteroatoms. The lowest BCUT2D eigenvalue weighted by Gasteiger charge is -2.19. The van der Waals surface area contributed by atoms with E-state index in [1.165, 1.54) is 12.1 Å². The Bertz CT molecular complexity index is 567. The second-order valence-electron chi connectivity index (χ2n) is 3.59. The first-order valence-electron chi connectivity index (χ1n) is 5.90. The number of phosphoric acid groups is 1. The van der Waals surface area contributed by atoms with Crippen LogP contribution in [-0.2, 0) is 18.1 Å². The predicted octanol–water partition coefficient (Wildman–Crippen LogP) is 6.38. The molecule has 0 aliphatic carbocycles. The molecule has 0 fully saturated rings. The molecule has 4 nitrogen and oxygen atoms in total. The highest BCUT2D eigenvalue weighted by Gasteiger charge is 2.29. The average molecular weight is 394 g/mol. The summed E-state index contributed by atoms with van der Waals surface area (Å²) in [5.41, 5.74) is 1.39. The fourth-order valence-corrected chi connectivity index (χ4v) is 3.43. The van der Waals surface area contributed by atoms with Gasteiger partial charge in [0, 0.05) is 11.1 Å². The van der Waals surface area contributed by atoms with Crippen molar-refractivity contribution in [3.63, 3.8) is 0 Å². The van der Waals surface area contributed by atoms with Gasteiger partial charge in [0.2, 0.25) is 0 Å². The molecule has 21 heavy (non-hydrogen) atoms. The number of phosphoric ester groups is 1. The van der Waals surface area contributed by atoms with Crippen molar-refractivity contribution in [2.75, 3.05) is 13.2 Å². The molecule has 1 aromatic rings. The molecule has 118 valence electrons. The van der Waals surface area contributed by atoms with Gasteiger partial charge in [0.15, 0.2) is 5.76 Å². The number of hydrogen-bond donors (Lipinski definition) is 0. The molecule has 0 bridgehead atoms. The summed E-state index contributed by atoms with van der Waals surface area (Å²) in [5, 5.41) is 0.756. The zero-order valence-electron chi connectivity index (χ0n) is 11.2. The molecule has 0 radical (unpaired) electrons. The first-order valence-corrected chi connectivity index (χ1v) is 8.94. The van der Waals surface area contributed by atoms with Gasteiger partial charge in [0.05, 0.1) is 28.3 Å². The van der Waals surface area contributed by atoms with Gasteiger partial charge in [0.25, 0.3) is 0 Å². The lowest BCUT2D eigenvalue weighted by molar-refractivity contribution is 0.159. The van der Waals surface area contributed by atoms with Crippen LogP contribution in [0.25, 0.3) is 5.76 Å². The molecule has 0 atom stereocenters. The monoisotopic (exact) mass is 392 g/mol. The van der Waals surface area contributed by atoms with Gasteiger partial charge in [-0.05, 0) is 26.0 Å². The van der Waals surface area contributed by atoms with E-state index in [4.69, 9.17) is 60.0 Å². The van der Waals surface area contributed by atoms with Crippen molar-refractivity contribution in [2.24, 2.45) is 0 Å². The second kappa shape index (κ2) is 8.64. The third kappa shape index (κ3) is 5.33. The van der Waals surface area contributed by atoms with Crippen molar-refractivity contribution < 1.29 is 18.1 Å². The molecule has 0 amide bonds. The molecule has 0 aliphatic heterocycles. The summed E-state index contributed by atoms with van der Waals surface area (Å²) in [6, 6.07) is 2.87. The molecule has 0 saturated carbocycles. The second-order valence-corrected chi connectivity index (χ2v) is 6.63. The molecule has 0 saturated heterocycles. The number of halogens is 4. The molecule has 0 aromatic heterocycles. The van der Waals surface area contributed by atoms with Gasteiger partial charge in [-0.25, -0.2) is 4.57 Å². The molecule has 1 rings (SSSR count). The summed E-state index contributed by atoms with van der Waals surface area (Å²) in [4.78, 5) is 0. The van der Waals surface area contributed by atoms with E-state index in [1.807, 2.05) is 0 Å². The van der Waals surface area contributed by atoms with E-state index in [0.29, 0.717) is 5.56 Å². The van der Waals surface area contributed by atoms with E-state index in [-0.39, 0.29) is 34.0 Å².